The summed E-state index contributed by atoms with van der Waals surface area (Å²) in [6, 6.07) is 2.58. The fourth-order valence-electron chi connectivity index (χ4n) is 1.68. The van der Waals surface area contributed by atoms with Crippen LogP contribution in [0.1, 0.15) is 5.56 Å². The van der Waals surface area contributed by atoms with E-state index in [1.807, 2.05) is 0 Å². The van der Waals surface area contributed by atoms with E-state index < -0.39 is 45.4 Å². The number of para-hydroxylation sites is 1. The molecular weight excluding hydrogens is 320 g/mol. The van der Waals surface area contributed by atoms with E-state index >= 15 is 0 Å². The Morgan fingerprint density at radius 1 is 1.24 bits per heavy atom. The second-order valence-corrected chi connectivity index (χ2v) is 4.27. The Bertz CT molecular complexity index is 826. The summed E-state index contributed by atoms with van der Waals surface area (Å²) in [5.74, 6) is -3.37. The van der Waals surface area contributed by atoms with Gasteiger partial charge >= 0.3 is 11.9 Å². The van der Waals surface area contributed by atoms with Gasteiger partial charge in [0, 0.05) is 0 Å². The van der Waals surface area contributed by atoms with Crippen LogP contribution in [0.5, 0.6) is 5.88 Å². The molecule has 0 aliphatic carbocycles. The molecule has 0 saturated heterocycles. The highest BCUT2D eigenvalue weighted by molar-refractivity contribution is 6.32. The van der Waals surface area contributed by atoms with E-state index in [1.54, 1.807) is 0 Å². The quantitative estimate of drug-likeness (QED) is 0.788. The average molecular weight is 325 g/mol. The van der Waals surface area contributed by atoms with Crippen molar-refractivity contribution in [2.45, 2.75) is 6.18 Å². The van der Waals surface area contributed by atoms with Gasteiger partial charge in [0.2, 0.25) is 11.7 Å². The molecule has 0 bridgehead atoms. The van der Waals surface area contributed by atoms with Crippen molar-refractivity contribution in [1.29, 1.82) is 0 Å². The van der Waals surface area contributed by atoms with Gasteiger partial charge in [-0.25, -0.2) is 9.36 Å². The summed E-state index contributed by atoms with van der Waals surface area (Å²) in [5, 5.41) is 8.91. The first-order chi connectivity index (χ1) is 9.64. The molecule has 10 heteroatoms. The number of aromatic amines is 1. The van der Waals surface area contributed by atoms with E-state index in [0.29, 0.717) is 6.07 Å². The summed E-state index contributed by atoms with van der Waals surface area (Å²) < 4.78 is 52.1. The number of halogens is 5. The molecule has 112 valence electrons. The number of rotatable bonds is 1. The molecule has 2 aromatic rings. The molecule has 2 rings (SSSR count). The minimum Gasteiger partial charge on any atom is -0.492 e. The van der Waals surface area contributed by atoms with E-state index in [0.717, 1.165) is 12.1 Å². The van der Waals surface area contributed by atoms with Crippen LogP contribution in [-0.4, -0.2) is 14.7 Å². The maximum Gasteiger partial charge on any atom is 0.418 e. The third kappa shape index (κ3) is 2.51. The standard InChI is InChI=1S/C11H5ClF4N2O3/c12-5-3-1-2-4(11(14,15)16)7(5)18-9(20)6(13)8(19)17-10(18)21/h1-3,20H,(H,17,19,21). The predicted octanol–water partition coefficient (Wildman–Crippen LogP) is 2.04. The largest absolute Gasteiger partial charge is 0.492 e. The van der Waals surface area contributed by atoms with Gasteiger partial charge in [0.1, 0.15) is 0 Å². The van der Waals surface area contributed by atoms with Gasteiger partial charge < -0.3 is 5.11 Å². The van der Waals surface area contributed by atoms with Crippen molar-refractivity contribution in [2.24, 2.45) is 0 Å². The lowest BCUT2D eigenvalue weighted by Crippen LogP contribution is -2.32. The molecule has 5 nitrogen and oxygen atoms in total. The molecule has 1 aromatic carbocycles. The van der Waals surface area contributed by atoms with Crippen LogP contribution in [-0.2, 0) is 6.18 Å². The molecule has 0 spiro atoms. The average Bonchev–Trinajstić information content (AvgIpc) is 2.36. The number of H-pyrrole nitrogens is 1. The molecule has 1 heterocycles. The molecular formula is C11H5ClF4N2O3. The molecule has 2 N–H and O–H groups in total. The van der Waals surface area contributed by atoms with E-state index in [9.17, 15) is 32.3 Å². The first kappa shape index (κ1) is 15.1. The molecule has 1 aromatic heterocycles. The number of alkyl halides is 3. The third-order valence-corrected chi connectivity index (χ3v) is 2.85. The Balaban J connectivity index is 2.96. The molecule has 0 atom stereocenters. The highest BCUT2D eigenvalue weighted by atomic mass is 35.5. The molecule has 21 heavy (non-hydrogen) atoms. The molecule has 0 fully saturated rings. The zero-order valence-electron chi connectivity index (χ0n) is 9.83. The maximum atomic E-state index is 13.3. The summed E-state index contributed by atoms with van der Waals surface area (Å²) in [5.41, 5.74) is -5.38. The van der Waals surface area contributed by atoms with Gasteiger partial charge in [-0.3, -0.25) is 9.78 Å². The molecule has 0 unspecified atom stereocenters. The molecule has 0 amide bonds. The van der Waals surface area contributed by atoms with E-state index in [4.69, 9.17) is 11.6 Å². The predicted molar refractivity (Wildman–Crippen MR) is 64.3 cm³/mol. The van der Waals surface area contributed by atoms with Gasteiger partial charge in [-0.1, -0.05) is 17.7 Å². The van der Waals surface area contributed by atoms with Crippen LogP contribution in [0.15, 0.2) is 27.8 Å². The normalized spacial score (nSPS) is 11.7. The molecule has 0 saturated carbocycles. The second-order valence-electron chi connectivity index (χ2n) is 3.87. The smallest absolute Gasteiger partial charge is 0.418 e. The van der Waals surface area contributed by atoms with Crippen LogP contribution in [0.4, 0.5) is 17.6 Å². The van der Waals surface area contributed by atoms with Gasteiger partial charge in [-0.05, 0) is 12.1 Å². The SMILES string of the molecule is O=c1[nH]c(=O)n(-c2c(Cl)cccc2C(F)(F)F)c(O)c1F. The minimum atomic E-state index is -4.92. The lowest BCUT2D eigenvalue weighted by atomic mass is 10.1. The molecule has 0 radical (unpaired) electrons. The molecule has 0 aliphatic heterocycles. The van der Waals surface area contributed by atoms with Gasteiger partial charge in [-0.2, -0.15) is 17.6 Å². The Kier molecular flexibility index (Phi) is 3.54. The summed E-state index contributed by atoms with van der Waals surface area (Å²) in [6.07, 6.45) is -4.92. The lowest BCUT2D eigenvalue weighted by Gasteiger charge is -2.16. The van der Waals surface area contributed by atoms with Crippen LogP contribution in [0.3, 0.4) is 0 Å². The first-order valence-corrected chi connectivity index (χ1v) is 5.62. The monoisotopic (exact) mass is 324 g/mol. The maximum absolute atomic E-state index is 13.3. The van der Waals surface area contributed by atoms with Gasteiger partial charge in [0.05, 0.1) is 16.3 Å². The van der Waals surface area contributed by atoms with Crippen LogP contribution < -0.4 is 11.2 Å². The van der Waals surface area contributed by atoms with Gasteiger partial charge in [-0.15, -0.1) is 0 Å². The summed E-state index contributed by atoms with van der Waals surface area (Å²) >= 11 is 5.62. The van der Waals surface area contributed by atoms with E-state index in [1.165, 1.54) is 4.98 Å². The van der Waals surface area contributed by atoms with Crippen molar-refractivity contribution in [3.63, 3.8) is 0 Å². The van der Waals surface area contributed by atoms with Crippen molar-refractivity contribution in [3.05, 3.63) is 55.4 Å². The van der Waals surface area contributed by atoms with E-state index in [-0.39, 0.29) is 4.57 Å². The number of hydrogen-bond donors (Lipinski definition) is 2. The zero-order valence-corrected chi connectivity index (χ0v) is 10.6. The van der Waals surface area contributed by atoms with Crippen LogP contribution in [0.25, 0.3) is 5.69 Å². The van der Waals surface area contributed by atoms with Crippen LogP contribution in [0.2, 0.25) is 5.02 Å². The second kappa shape index (κ2) is 4.92. The Hall–Kier alpha value is -2.29. The lowest BCUT2D eigenvalue weighted by molar-refractivity contribution is -0.137. The van der Waals surface area contributed by atoms with Crippen molar-refractivity contribution in [3.8, 4) is 11.6 Å². The van der Waals surface area contributed by atoms with Crippen molar-refractivity contribution >= 4 is 11.6 Å². The minimum absolute atomic E-state index is 0.0537. The van der Waals surface area contributed by atoms with Crippen molar-refractivity contribution < 1.29 is 22.7 Å². The number of hydrogen-bond acceptors (Lipinski definition) is 3. The van der Waals surface area contributed by atoms with Crippen LogP contribution in [0, 0.1) is 5.82 Å². The van der Waals surface area contributed by atoms with Crippen LogP contribution >= 0.6 is 11.6 Å². The summed E-state index contributed by atoms with van der Waals surface area (Å²) in [7, 11) is 0. The fraction of sp³-hybridized carbons (Fsp3) is 0.0909. The van der Waals surface area contributed by atoms with Gasteiger partial charge in [0.25, 0.3) is 5.56 Å². The number of benzene rings is 1. The highest BCUT2D eigenvalue weighted by Gasteiger charge is 2.36. The topological polar surface area (TPSA) is 75.1 Å². The highest BCUT2D eigenvalue weighted by Crippen LogP contribution is 2.37. The Morgan fingerprint density at radius 2 is 1.86 bits per heavy atom. The number of aromatic hydroxyl groups is 1. The summed E-state index contributed by atoms with van der Waals surface area (Å²) in [6.45, 7) is 0. The number of nitrogens with zero attached hydrogens (tertiary/aromatic N) is 1. The Labute approximate surface area is 118 Å². The summed E-state index contributed by atoms with van der Waals surface area (Å²) in [4.78, 5) is 24.0. The third-order valence-electron chi connectivity index (χ3n) is 2.55. The van der Waals surface area contributed by atoms with Gasteiger partial charge in [0.15, 0.2) is 0 Å². The zero-order chi connectivity index (χ0) is 15.9. The van der Waals surface area contributed by atoms with Crippen molar-refractivity contribution in [1.82, 2.24) is 9.55 Å². The fourth-order valence-corrected chi connectivity index (χ4v) is 1.94. The Morgan fingerprint density at radius 3 is 2.43 bits per heavy atom. The van der Waals surface area contributed by atoms with Crippen molar-refractivity contribution in [2.75, 3.05) is 0 Å². The number of nitrogens with one attached hydrogen (secondary N) is 1. The number of aromatic nitrogens is 2. The van der Waals surface area contributed by atoms with E-state index in [2.05, 4.69) is 0 Å². The first-order valence-electron chi connectivity index (χ1n) is 5.24. The molecule has 0 aliphatic rings.